The molecule has 0 aliphatic heterocycles. The van der Waals surface area contributed by atoms with E-state index >= 15 is 0 Å². The topological polar surface area (TPSA) is 52.5 Å². The van der Waals surface area contributed by atoms with Gasteiger partial charge in [0.25, 0.3) is 0 Å². The lowest BCUT2D eigenvalue weighted by Gasteiger charge is -2.03. The van der Waals surface area contributed by atoms with Gasteiger partial charge in [0, 0.05) is 29.4 Å². The molecule has 0 radical (unpaired) electrons. The number of imidazole rings is 1. The van der Waals surface area contributed by atoms with Crippen LogP contribution in [0.25, 0.3) is 16.2 Å². The molecule has 0 amide bonds. The molecule has 0 fully saturated rings. The molecular formula is C14H15N3OS. The quantitative estimate of drug-likeness (QED) is 0.795. The van der Waals surface area contributed by atoms with Gasteiger partial charge in [-0.1, -0.05) is 0 Å². The number of fused-ring (bicyclic) bond motifs is 1. The number of aromatic nitrogens is 2. The first-order valence-electron chi connectivity index (χ1n) is 6.20. The normalized spacial score (nSPS) is 11.1. The van der Waals surface area contributed by atoms with Crippen LogP contribution in [0.3, 0.4) is 0 Å². The van der Waals surface area contributed by atoms with E-state index in [2.05, 4.69) is 9.38 Å². The maximum atomic E-state index is 5.70. The van der Waals surface area contributed by atoms with Crippen LogP contribution >= 0.6 is 11.3 Å². The SMILES string of the molecule is CCOc1ccc(-c2cn3c(CN)csc3n2)cc1. The third-order valence-corrected chi connectivity index (χ3v) is 3.84. The minimum absolute atomic E-state index is 0.527. The zero-order chi connectivity index (χ0) is 13.2. The number of thiazole rings is 1. The number of hydrogen-bond donors (Lipinski definition) is 1. The van der Waals surface area contributed by atoms with Gasteiger partial charge in [0.2, 0.25) is 0 Å². The summed E-state index contributed by atoms with van der Waals surface area (Å²) in [6.45, 7) is 3.18. The lowest BCUT2D eigenvalue weighted by molar-refractivity contribution is 0.340. The molecule has 19 heavy (non-hydrogen) atoms. The van der Waals surface area contributed by atoms with Crippen LogP contribution in [-0.2, 0) is 6.54 Å². The van der Waals surface area contributed by atoms with E-state index in [1.165, 1.54) is 0 Å². The minimum Gasteiger partial charge on any atom is -0.494 e. The Kier molecular flexibility index (Phi) is 3.23. The summed E-state index contributed by atoms with van der Waals surface area (Å²) in [6.07, 6.45) is 2.03. The fraction of sp³-hybridized carbons (Fsp3) is 0.214. The number of nitrogens with two attached hydrogens (primary N) is 1. The van der Waals surface area contributed by atoms with Gasteiger partial charge in [-0.25, -0.2) is 4.98 Å². The van der Waals surface area contributed by atoms with Crippen LogP contribution < -0.4 is 10.5 Å². The average Bonchev–Trinajstić information content (AvgIpc) is 2.99. The van der Waals surface area contributed by atoms with Crippen molar-refractivity contribution in [3.63, 3.8) is 0 Å². The van der Waals surface area contributed by atoms with Gasteiger partial charge in [0.1, 0.15) is 5.75 Å². The molecule has 98 valence electrons. The molecule has 0 aliphatic carbocycles. The Labute approximate surface area is 115 Å². The monoisotopic (exact) mass is 273 g/mol. The summed E-state index contributed by atoms with van der Waals surface area (Å²) in [6, 6.07) is 7.99. The highest BCUT2D eigenvalue weighted by atomic mass is 32.1. The van der Waals surface area contributed by atoms with Gasteiger partial charge in [0.05, 0.1) is 12.3 Å². The number of hydrogen-bond acceptors (Lipinski definition) is 4. The van der Waals surface area contributed by atoms with E-state index < -0.39 is 0 Å². The maximum Gasteiger partial charge on any atom is 0.194 e. The number of nitrogens with zero attached hydrogens (tertiary/aromatic N) is 2. The Morgan fingerprint density at radius 2 is 2.11 bits per heavy atom. The highest BCUT2D eigenvalue weighted by Crippen LogP contribution is 2.25. The fourth-order valence-electron chi connectivity index (χ4n) is 2.00. The van der Waals surface area contributed by atoms with E-state index in [0.717, 1.165) is 27.7 Å². The minimum atomic E-state index is 0.527. The molecule has 2 N–H and O–H groups in total. The van der Waals surface area contributed by atoms with E-state index in [0.29, 0.717) is 13.2 Å². The summed E-state index contributed by atoms with van der Waals surface area (Å²) in [5, 5.41) is 2.05. The van der Waals surface area contributed by atoms with Crippen molar-refractivity contribution < 1.29 is 4.74 Å². The van der Waals surface area contributed by atoms with Crippen molar-refractivity contribution in [2.24, 2.45) is 5.73 Å². The number of rotatable bonds is 4. The Hall–Kier alpha value is -1.85. The lowest BCUT2D eigenvalue weighted by atomic mass is 10.2. The molecular weight excluding hydrogens is 258 g/mol. The lowest BCUT2D eigenvalue weighted by Crippen LogP contribution is -1.98. The summed E-state index contributed by atoms with van der Waals surface area (Å²) in [4.78, 5) is 5.59. The van der Waals surface area contributed by atoms with Crippen LogP contribution in [0.2, 0.25) is 0 Å². The first-order valence-corrected chi connectivity index (χ1v) is 7.08. The third kappa shape index (κ3) is 2.22. The molecule has 0 bridgehead atoms. The standard InChI is InChI=1S/C14H15N3OS/c1-2-18-12-5-3-10(4-6-12)13-8-17-11(7-15)9-19-14(17)16-13/h3-6,8-9H,2,7,15H2,1H3. The molecule has 2 heterocycles. The van der Waals surface area contributed by atoms with Crippen molar-refractivity contribution in [3.05, 3.63) is 41.5 Å². The van der Waals surface area contributed by atoms with Crippen LogP contribution in [0.5, 0.6) is 5.75 Å². The van der Waals surface area contributed by atoms with E-state index in [1.807, 2.05) is 42.8 Å². The highest BCUT2D eigenvalue weighted by Gasteiger charge is 2.08. The fourth-order valence-corrected chi connectivity index (χ4v) is 2.89. The van der Waals surface area contributed by atoms with Gasteiger partial charge in [-0.3, -0.25) is 4.40 Å². The predicted octanol–water partition coefficient (Wildman–Crippen LogP) is 2.92. The van der Waals surface area contributed by atoms with Crippen molar-refractivity contribution in [2.75, 3.05) is 6.61 Å². The predicted molar refractivity (Wildman–Crippen MR) is 77.6 cm³/mol. The van der Waals surface area contributed by atoms with Crippen molar-refractivity contribution in [3.8, 4) is 17.0 Å². The molecule has 0 saturated carbocycles. The van der Waals surface area contributed by atoms with Crippen LogP contribution in [-0.4, -0.2) is 16.0 Å². The van der Waals surface area contributed by atoms with Crippen molar-refractivity contribution in [1.82, 2.24) is 9.38 Å². The van der Waals surface area contributed by atoms with Gasteiger partial charge < -0.3 is 10.5 Å². The van der Waals surface area contributed by atoms with Gasteiger partial charge in [0.15, 0.2) is 4.96 Å². The van der Waals surface area contributed by atoms with Crippen molar-refractivity contribution in [2.45, 2.75) is 13.5 Å². The summed E-state index contributed by atoms with van der Waals surface area (Å²) < 4.78 is 7.49. The molecule has 0 unspecified atom stereocenters. The zero-order valence-electron chi connectivity index (χ0n) is 10.7. The molecule has 5 heteroatoms. The highest BCUT2D eigenvalue weighted by molar-refractivity contribution is 7.15. The summed E-state index contributed by atoms with van der Waals surface area (Å²) in [7, 11) is 0. The van der Waals surface area contributed by atoms with Gasteiger partial charge in [-0.15, -0.1) is 11.3 Å². The Morgan fingerprint density at radius 3 is 2.79 bits per heavy atom. The molecule has 0 saturated heterocycles. The van der Waals surface area contributed by atoms with E-state index in [1.54, 1.807) is 11.3 Å². The van der Waals surface area contributed by atoms with Crippen LogP contribution in [0.4, 0.5) is 0 Å². The van der Waals surface area contributed by atoms with Gasteiger partial charge in [-0.05, 0) is 31.2 Å². The molecule has 4 nitrogen and oxygen atoms in total. The van der Waals surface area contributed by atoms with Crippen LogP contribution in [0.1, 0.15) is 12.6 Å². The molecule has 0 atom stereocenters. The summed E-state index contributed by atoms with van der Waals surface area (Å²) in [5.41, 5.74) is 8.84. The first kappa shape index (κ1) is 12.2. The van der Waals surface area contributed by atoms with Crippen LogP contribution in [0.15, 0.2) is 35.8 Å². The molecule has 3 rings (SSSR count). The second-order valence-corrected chi connectivity index (χ2v) is 5.00. The molecule has 1 aromatic carbocycles. The number of benzene rings is 1. The Morgan fingerprint density at radius 1 is 1.32 bits per heavy atom. The second kappa shape index (κ2) is 5.03. The summed E-state index contributed by atoms with van der Waals surface area (Å²) in [5.74, 6) is 0.884. The average molecular weight is 273 g/mol. The van der Waals surface area contributed by atoms with E-state index in [9.17, 15) is 0 Å². The van der Waals surface area contributed by atoms with Crippen molar-refractivity contribution >= 4 is 16.3 Å². The third-order valence-electron chi connectivity index (χ3n) is 2.95. The molecule has 0 spiro atoms. The largest absolute Gasteiger partial charge is 0.494 e. The van der Waals surface area contributed by atoms with Gasteiger partial charge >= 0.3 is 0 Å². The first-order chi connectivity index (χ1) is 9.31. The van der Waals surface area contributed by atoms with Crippen molar-refractivity contribution in [1.29, 1.82) is 0 Å². The molecule has 2 aromatic heterocycles. The van der Waals surface area contributed by atoms with Crippen LogP contribution in [0, 0.1) is 0 Å². The maximum absolute atomic E-state index is 5.70. The Bertz CT molecular complexity index is 684. The summed E-state index contributed by atoms with van der Waals surface area (Å²) >= 11 is 1.61. The zero-order valence-corrected chi connectivity index (χ0v) is 11.5. The smallest absolute Gasteiger partial charge is 0.194 e. The second-order valence-electron chi connectivity index (χ2n) is 4.17. The van der Waals surface area contributed by atoms with E-state index in [4.69, 9.17) is 10.5 Å². The molecule has 3 aromatic rings. The number of ether oxygens (including phenoxy) is 1. The molecule has 0 aliphatic rings. The van der Waals surface area contributed by atoms with Gasteiger partial charge in [-0.2, -0.15) is 0 Å². The Balaban J connectivity index is 1.96. The van der Waals surface area contributed by atoms with E-state index in [-0.39, 0.29) is 0 Å².